The van der Waals surface area contributed by atoms with Crippen LogP contribution in [-0.2, 0) is 51.4 Å². The van der Waals surface area contributed by atoms with Crippen molar-refractivity contribution in [2.75, 3.05) is 6.61 Å². The second-order valence-corrected chi connectivity index (χ2v) is 16.8. The van der Waals surface area contributed by atoms with E-state index >= 15 is 0 Å². The van der Waals surface area contributed by atoms with Crippen LogP contribution in [0.1, 0.15) is 12.5 Å². The van der Waals surface area contributed by atoms with Gasteiger partial charge in [0.05, 0.1) is 18.5 Å². The van der Waals surface area contributed by atoms with Gasteiger partial charge in [-0.1, -0.05) is 42.5 Å². The van der Waals surface area contributed by atoms with Crippen LogP contribution in [0.4, 0.5) is 4.79 Å². The summed E-state index contributed by atoms with van der Waals surface area (Å²) in [5, 5.41) is 24.5. The Morgan fingerprint density at radius 2 is 1.54 bits per heavy atom. The summed E-state index contributed by atoms with van der Waals surface area (Å²) in [7, 11) is -22.7. The molecule has 23 heteroatoms. The normalized spacial score (nSPS) is 29.8. The maximum atomic E-state index is 12.6. The number of carbonyl (C=O) groups is 1. The van der Waals surface area contributed by atoms with E-state index in [1.54, 1.807) is 49.4 Å². The van der Waals surface area contributed by atoms with E-state index in [1.807, 2.05) is 0 Å². The molecule has 3 aliphatic rings. The maximum absolute atomic E-state index is 12.6. The lowest BCUT2D eigenvalue weighted by atomic mass is 10.1. The summed E-state index contributed by atoms with van der Waals surface area (Å²) < 4.78 is 77.2. The number of nitrogens with zero attached hydrogens (tertiary/aromatic N) is 1. The Hall–Kier alpha value is -2.27. The Morgan fingerprint density at radius 1 is 0.891 bits per heavy atom. The number of phosphoric acid groups is 3. The van der Waals surface area contributed by atoms with E-state index in [0.717, 1.165) is 4.90 Å². The molecule has 19 nitrogen and oxygen atoms in total. The van der Waals surface area contributed by atoms with Crippen molar-refractivity contribution in [2.24, 2.45) is 0 Å². The summed E-state index contributed by atoms with van der Waals surface area (Å²) in [6.45, 7) is 0.563. The van der Waals surface area contributed by atoms with Gasteiger partial charge in [0, 0.05) is 11.8 Å². The van der Waals surface area contributed by atoms with Gasteiger partial charge in [-0.25, -0.2) is 22.8 Å². The Morgan fingerprint density at radius 3 is 2.28 bits per heavy atom. The van der Waals surface area contributed by atoms with Gasteiger partial charge in [-0.05, 0) is 29.3 Å². The van der Waals surface area contributed by atoms with E-state index in [9.17, 15) is 52.8 Å². The number of nitrogens with one attached hydrogen (secondary N) is 1. The number of phosphoric ester groups is 1. The first-order valence-corrected chi connectivity index (χ1v) is 19.3. The fraction of sp³-hybridized carbons (Fsp3) is 0.348. The molecule has 2 aromatic carbocycles. The third-order valence-electron chi connectivity index (χ3n) is 6.66. The summed E-state index contributed by atoms with van der Waals surface area (Å²) in [6, 6.07) is 10.6. The molecule has 0 bridgehead atoms. The molecule has 3 heterocycles. The number of aliphatic hydroxyl groups is 2. The molecule has 0 spiro atoms. The average Bonchev–Trinajstić information content (AvgIpc) is 3.42. The van der Waals surface area contributed by atoms with Crippen LogP contribution in [-0.4, -0.2) is 78.1 Å². The zero-order valence-corrected chi connectivity index (χ0v) is 27.0. The molecule has 5 rings (SSSR count). The van der Waals surface area contributed by atoms with Crippen molar-refractivity contribution in [1.29, 1.82) is 0 Å². The Balaban J connectivity index is 1.17. The van der Waals surface area contributed by atoms with Crippen LogP contribution in [0.15, 0.2) is 66.1 Å². The highest BCUT2D eigenvalue weighted by atomic mass is 31.3. The van der Waals surface area contributed by atoms with Crippen molar-refractivity contribution < 1.29 is 79.8 Å². The van der Waals surface area contributed by atoms with Crippen LogP contribution in [0.5, 0.6) is 0 Å². The quantitative estimate of drug-likeness (QED) is 0.155. The summed E-state index contributed by atoms with van der Waals surface area (Å²) in [5.41, 5.74) is 0.718. The molecule has 2 aromatic rings. The maximum Gasteiger partial charge on any atom is 0.490 e. The molecule has 46 heavy (non-hydrogen) atoms. The van der Waals surface area contributed by atoms with Crippen LogP contribution in [0.3, 0.4) is 0 Å². The van der Waals surface area contributed by atoms with Crippen LogP contribution in [0.25, 0.3) is 10.8 Å². The largest absolute Gasteiger partial charge is 0.490 e. The number of ether oxygens (including phenoxy) is 2. The molecule has 252 valence electrons. The zero-order chi connectivity index (χ0) is 33.7. The van der Waals surface area contributed by atoms with Crippen molar-refractivity contribution in [2.45, 2.75) is 43.9 Å². The van der Waals surface area contributed by atoms with E-state index in [-0.39, 0.29) is 5.56 Å². The zero-order valence-electron chi connectivity index (χ0n) is 23.4. The molecule has 0 radical (unpaired) electrons. The summed E-state index contributed by atoms with van der Waals surface area (Å²) in [5.74, 6) is 0.497. The number of allylic oxidation sites excluding steroid dienone is 1. The lowest BCUT2D eigenvalue weighted by molar-refractivity contribution is -0.0675. The van der Waals surface area contributed by atoms with Gasteiger partial charge in [0.15, 0.2) is 6.23 Å². The summed E-state index contributed by atoms with van der Waals surface area (Å²) in [6.07, 6.45) is -5.38. The third-order valence-corrected chi connectivity index (χ3v) is 13.0. The number of rotatable bonds is 12. The van der Waals surface area contributed by atoms with E-state index in [4.69, 9.17) is 9.47 Å². The minimum atomic E-state index is -6.04. The standard InChI is InChI=1S/C23H28N2O17P4/c1-13-9-16-10-25(23(28)24-21(16)38-13)22-20(27)19(26)18(39-22)11-37-44(31,32)41-46(35,36)42-45(33,34)40-43(29,30)12-15-7-4-6-14-5-2-3-8-17(14)15/h2-10,18-22,26-27H,11-12H2,1H3,(H,24,28)(H,29,30)(H,31,32)(H,33,34)(H,35,36)/t18-,19+,20?,21?,22-/m1/s1. The second-order valence-electron chi connectivity index (χ2n) is 10.2. The highest BCUT2D eigenvalue weighted by Gasteiger charge is 2.50. The van der Waals surface area contributed by atoms with Crippen molar-refractivity contribution in [3.63, 3.8) is 0 Å². The molecule has 0 saturated carbocycles. The topological polar surface area (TPSA) is 277 Å². The van der Waals surface area contributed by atoms with E-state index in [1.165, 1.54) is 12.3 Å². The van der Waals surface area contributed by atoms with Gasteiger partial charge in [0.1, 0.15) is 18.3 Å². The number of hydrogen-bond acceptors (Lipinski definition) is 13. The summed E-state index contributed by atoms with van der Waals surface area (Å²) >= 11 is 0. The second kappa shape index (κ2) is 13.0. The minimum Gasteiger partial charge on any atom is -0.471 e. The van der Waals surface area contributed by atoms with Gasteiger partial charge in [-0.15, -0.1) is 0 Å². The SMILES string of the molecule is CC1=CC2=CN([C@@H]3O[C@H](COP(=O)(O)OP(=O)(O)OP(=O)(O)OP(=O)(O)Cc4cccc5ccccc45)[C@H](O)C3O)C(=O)NC2O1. The molecule has 0 aromatic heterocycles. The molecule has 9 atom stereocenters. The highest BCUT2D eigenvalue weighted by Crippen LogP contribution is 2.71. The number of aliphatic hydroxyl groups excluding tert-OH is 2. The third kappa shape index (κ3) is 8.23. The highest BCUT2D eigenvalue weighted by molar-refractivity contribution is 7.70. The van der Waals surface area contributed by atoms with Gasteiger partial charge >= 0.3 is 37.1 Å². The number of carbonyl (C=O) groups excluding carboxylic acids is 1. The van der Waals surface area contributed by atoms with Crippen LogP contribution in [0, 0.1) is 0 Å². The smallest absolute Gasteiger partial charge is 0.471 e. The van der Waals surface area contributed by atoms with Crippen LogP contribution in [0.2, 0.25) is 0 Å². The molecule has 6 unspecified atom stereocenters. The first kappa shape index (κ1) is 35.0. The summed E-state index contributed by atoms with van der Waals surface area (Å²) in [4.78, 5) is 53.3. The van der Waals surface area contributed by atoms with Gasteiger partial charge in [-0.3, -0.25) is 19.3 Å². The molecule has 2 amide bonds. The molecule has 0 aliphatic carbocycles. The van der Waals surface area contributed by atoms with Gasteiger partial charge in [-0.2, -0.15) is 8.62 Å². The number of hydrogen-bond donors (Lipinski definition) is 7. The lowest BCUT2D eigenvalue weighted by Crippen LogP contribution is -2.54. The lowest BCUT2D eigenvalue weighted by Gasteiger charge is -2.33. The molecular formula is C23H28N2O17P4. The van der Waals surface area contributed by atoms with E-state index in [0.29, 0.717) is 22.1 Å². The first-order chi connectivity index (χ1) is 21.3. The van der Waals surface area contributed by atoms with E-state index in [2.05, 4.69) is 22.8 Å². The number of fused-ring (bicyclic) bond motifs is 2. The minimum absolute atomic E-state index is 0.227. The predicted molar refractivity (Wildman–Crippen MR) is 154 cm³/mol. The fourth-order valence-corrected chi connectivity index (χ4v) is 10.4. The Labute approximate surface area is 259 Å². The fourth-order valence-electron chi connectivity index (χ4n) is 4.83. The Bertz CT molecular complexity index is 1780. The van der Waals surface area contributed by atoms with Crippen LogP contribution < -0.4 is 5.32 Å². The van der Waals surface area contributed by atoms with Gasteiger partial charge < -0.3 is 39.3 Å². The number of benzene rings is 2. The first-order valence-electron chi connectivity index (χ1n) is 13.1. The predicted octanol–water partition coefficient (Wildman–Crippen LogP) is 2.51. The van der Waals surface area contributed by atoms with Crippen molar-refractivity contribution in [3.05, 3.63) is 71.6 Å². The molecule has 1 fully saturated rings. The average molecular weight is 728 g/mol. The Kier molecular flexibility index (Phi) is 9.89. The van der Waals surface area contributed by atoms with Gasteiger partial charge in [0.2, 0.25) is 6.23 Å². The molecule has 3 aliphatic heterocycles. The molecule has 7 N–H and O–H groups in total. The van der Waals surface area contributed by atoms with Gasteiger partial charge in [0.25, 0.3) is 0 Å². The number of urea groups is 1. The number of amides is 2. The van der Waals surface area contributed by atoms with Crippen LogP contribution >= 0.6 is 31.1 Å². The monoisotopic (exact) mass is 728 g/mol. The van der Waals surface area contributed by atoms with E-state index < -0.39 is 80.6 Å². The molecular weight excluding hydrogens is 700 g/mol. The van der Waals surface area contributed by atoms with Crippen molar-refractivity contribution >= 4 is 47.9 Å². The molecule has 1 saturated heterocycles. The van der Waals surface area contributed by atoms with Crippen molar-refractivity contribution in [1.82, 2.24) is 10.2 Å². The van der Waals surface area contributed by atoms with Crippen molar-refractivity contribution in [3.8, 4) is 0 Å².